The molecule has 4 heteroatoms. The van der Waals surface area contributed by atoms with E-state index in [1.807, 2.05) is 6.20 Å². The highest BCUT2D eigenvalue weighted by Crippen LogP contribution is 2.40. The van der Waals surface area contributed by atoms with Gasteiger partial charge in [0, 0.05) is 31.6 Å². The first kappa shape index (κ1) is 12.2. The molecule has 1 aliphatic heterocycles. The van der Waals surface area contributed by atoms with E-state index >= 15 is 0 Å². The molecule has 3 rings (SSSR count). The second kappa shape index (κ2) is 4.67. The van der Waals surface area contributed by atoms with Gasteiger partial charge in [-0.25, -0.2) is 4.98 Å². The minimum atomic E-state index is 0.304. The lowest BCUT2D eigenvalue weighted by atomic mass is 9.93. The summed E-state index contributed by atoms with van der Waals surface area (Å²) in [5, 5.41) is 3.70. The van der Waals surface area contributed by atoms with Crippen LogP contribution < -0.4 is 5.32 Å². The van der Waals surface area contributed by atoms with Gasteiger partial charge in [0.25, 0.3) is 0 Å². The quantitative estimate of drug-likeness (QED) is 0.883. The van der Waals surface area contributed by atoms with Crippen LogP contribution in [0, 0.1) is 5.92 Å². The third-order valence-corrected chi connectivity index (χ3v) is 4.30. The van der Waals surface area contributed by atoms with Crippen LogP contribution in [0.5, 0.6) is 0 Å². The van der Waals surface area contributed by atoms with Crippen LogP contribution in [0.25, 0.3) is 0 Å². The van der Waals surface area contributed by atoms with Gasteiger partial charge in [-0.05, 0) is 25.7 Å². The zero-order valence-corrected chi connectivity index (χ0v) is 11.4. The Morgan fingerprint density at radius 3 is 3.06 bits per heavy atom. The van der Waals surface area contributed by atoms with Gasteiger partial charge in [-0.3, -0.25) is 4.90 Å². The van der Waals surface area contributed by atoms with Gasteiger partial charge in [-0.2, -0.15) is 0 Å². The second-order valence-electron chi connectivity index (χ2n) is 5.90. The van der Waals surface area contributed by atoms with E-state index < -0.39 is 0 Å². The first-order valence-electron chi connectivity index (χ1n) is 7.10. The normalized spacial score (nSPS) is 29.7. The van der Waals surface area contributed by atoms with Crippen molar-refractivity contribution in [1.82, 2.24) is 15.2 Å². The van der Waals surface area contributed by atoms with E-state index in [0.717, 1.165) is 50.2 Å². The largest absolute Gasteiger partial charge is 0.444 e. The van der Waals surface area contributed by atoms with Gasteiger partial charge in [0.15, 0.2) is 0 Å². The summed E-state index contributed by atoms with van der Waals surface area (Å²) in [5.41, 5.74) is 0.304. The Kier molecular flexibility index (Phi) is 3.16. The Hall–Kier alpha value is -0.870. The zero-order valence-electron chi connectivity index (χ0n) is 11.4. The Labute approximate surface area is 109 Å². The van der Waals surface area contributed by atoms with Gasteiger partial charge in [0.05, 0.1) is 12.7 Å². The van der Waals surface area contributed by atoms with Crippen molar-refractivity contribution in [2.24, 2.45) is 5.92 Å². The molecule has 0 radical (unpaired) electrons. The molecule has 0 amide bonds. The molecule has 1 unspecified atom stereocenters. The number of aromatic nitrogens is 1. The summed E-state index contributed by atoms with van der Waals surface area (Å²) in [7, 11) is 0. The van der Waals surface area contributed by atoms with Crippen molar-refractivity contribution in [2.75, 3.05) is 19.6 Å². The molecular weight excluding hydrogens is 226 g/mol. The van der Waals surface area contributed by atoms with Crippen LogP contribution in [0.1, 0.15) is 38.3 Å². The molecule has 4 nitrogen and oxygen atoms in total. The van der Waals surface area contributed by atoms with Crippen LogP contribution in [0.15, 0.2) is 10.6 Å². The molecule has 100 valence electrons. The molecule has 1 atom stereocenters. The minimum absolute atomic E-state index is 0.304. The maximum Gasteiger partial charge on any atom is 0.208 e. The summed E-state index contributed by atoms with van der Waals surface area (Å²) in [6.07, 6.45) is 5.55. The predicted octanol–water partition coefficient (Wildman–Crippen LogP) is 1.81. The first-order chi connectivity index (χ1) is 8.69. The third kappa shape index (κ3) is 2.45. The molecule has 0 spiro atoms. The summed E-state index contributed by atoms with van der Waals surface area (Å²) < 4.78 is 5.71. The van der Waals surface area contributed by atoms with Crippen LogP contribution in [0.2, 0.25) is 0 Å². The van der Waals surface area contributed by atoms with E-state index in [-0.39, 0.29) is 0 Å². The number of oxazole rings is 1. The van der Waals surface area contributed by atoms with Gasteiger partial charge in [-0.1, -0.05) is 6.92 Å². The number of nitrogens with zero attached hydrogens (tertiary/aromatic N) is 2. The van der Waals surface area contributed by atoms with E-state index in [1.165, 1.54) is 12.8 Å². The third-order valence-electron chi connectivity index (χ3n) is 4.30. The van der Waals surface area contributed by atoms with Crippen molar-refractivity contribution < 1.29 is 4.42 Å². The number of nitrogens with one attached hydrogen (secondary N) is 1. The Morgan fingerprint density at radius 2 is 2.39 bits per heavy atom. The molecule has 1 aliphatic carbocycles. The molecule has 2 fully saturated rings. The van der Waals surface area contributed by atoms with E-state index in [9.17, 15) is 0 Å². The van der Waals surface area contributed by atoms with Gasteiger partial charge < -0.3 is 9.73 Å². The number of hydrogen-bond acceptors (Lipinski definition) is 4. The highest BCUT2D eigenvalue weighted by molar-refractivity contribution is 5.03. The minimum Gasteiger partial charge on any atom is -0.444 e. The first-order valence-corrected chi connectivity index (χ1v) is 7.10. The molecule has 18 heavy (non-hydrogen) atoms. The summed E-state index contributed by atoms with van der Waals surface area (Å²) in [4.78, 5) is 6.83. The predicted molar refractivity (Wildman–Crippen MR) is 70.3 cm³/mol. The number of hydrogen-bond donors (Lipinski definition) is 1. The maximum atomic E-state index is 5.71. The second-order valence-corrected chi connectivity index (χ2v) is 5.90. The molecule has 0 aromatic carbocycles. The van der Waals surface area contributed by atoms with Crippen LogP contribution in [-0.2, 0) is 13.0 Å². The monoisotopic (exact) mass is 249 g/mol. The smallest absolute Gasteiger partial charge is 0.208 e. The summed E-state index contributed by atoms with van der Waals surface area (Å²) >= 11 is 0. The summed E-state index contributed by atoms with van der Waals surface area (Å²) in [5.74, 6) is 2.73. The van der Waals surface area contributed by atoms with E-state index in [4.69, 9.17) is 4.42 Å². The standard InChI is InChI=1S/C14H23N3O/c1-3-12-8-15-13(18-12)9-17-7-6-16-14(2,10-17)11-4-5-11/h8,11,16H,3-7,9-10H2,1-2H3. The van der Waals surface area contributed by atoms with Crippen molar-refractivity contribution in [1.29, 1.82) is 0 Å². The Morgan fingerprint density at radius 1 is 1.56 bits per heavy atom. The Balaban J connectivity index is 1.62. The van der Waals surface area contributed by atoms with Crippen LogP contribution in [0.3, 0.4) is 0 Å². The molecule has 2 aliphatic rings. The van der Waals surface area contributed by atoms with E-state index in [1.54, 1.807) is 0 Å². The van der Waals surface area contributed by atoms with Crippen LogP contribution >= 0.6 is 0 Å². The topological polar surface area (TPSA) is 41.3 Å². The van der Waals surface area contributed by atoms with Crippen molar-refractivity contribution in [3.8, 4) is 0 Å². The molecule has 1 saturated carbocycles. The van der Waals surface area contributed by atoms with Crippen molar-refractivity contribution >= 4 is 0 Å². The molecule has 0 bridgehead atoms. The lowest BCUT2D eigenvalue weighted by Gasteiger charge is -2.41. The zero-order chi connectivity index (χ0) is 12.6. The number of rotatable bonds is 4. The molecule has 2 heterocycles. The van der Waals surface area contributed by atoms with Crippen LogP contribution in [-0.4, -0.2) is 35.1 Å². The lowest BCUT2D eigenvalue weighted by Crippen LogP contribution is -2.59. The summed E-state index contributed by atoms with van der Waals surface area (Å²) in [6, 6.07) is 0. The van der Waals surface area contributed by atoms with Crippen molar-refractivity contribution in [2.45, 2.75) is 45.2 Å². The molecule has 1 aromatic rings. The van der Waals surface area contributed by atoms with Gasteiger partial charge in [-0.15, -0.1) is 0 Å². The number of piperazine rings is 1. The lowest BCUT2D eigenvalue weighted by molar-refractivity contribution is 0.112. The van der Waals surface area contributed by atoms with Crippen molar-refractivity contribution in [3.05, 3.63) is 17.8 Å². The molecule has 1 N–H and O–H groups in total. The highest BCUT2D eigenvalue weighted by atomic mass is 16.4. The van der Waals surface area contributed by atoms with Gasteiger partial charge >= 0.3 is 0 Å². The highest BCUT2D eigenvalue weighted by Gasteiger charge is 2.43. The maximum absolute atomic E-state index is 5.71. The number of aryl methyl sites for hydroxylation is 1. The SMILES string of the molecule is CCc1cnc(CN2CCNC(C)(C3CC3)C2)o1. The fraction of sp³-hybridized carbons (Fsp3) is 0.786. The van der Waals surface area contributed by atoms with E-state index in [2.05, 4.69) is 29.0 Å². The van der Waals surface area contributed by atoms with Crippen LogP contribution in [0.4, 0.5) is 0 Å². The summed E-state index contributed by atoms with van der Waals surface area (Å²) in [6.45, 7) is 8.59. The average Bonchev–Trinajstić information content (AvgIpc) is 3.12. The fourth-order valence-corrected chi connectivity index (χ4v) is 3.00. The van der Waals surface area contributed by atoms with Crippen molar-refractivity contribution in [3.63, 3.8) is 0 Å². The van der Waals surface area contributed by atoms with Gasteiger partial charge in [0.1, 0.15) is 5.76 Å². The molecule has 1 saturated heterocycles. The fourth-order valence-electron chi connectivity index (χ4n) is 3.00. The van der Waals surface area contributed by atoms with Gasteiger partial charge in [0.2, 0.25) is 5.89 Å². The Bertz CT molecular complexity index is 413. The van der Waals surface area contributed by atoms with E-state index in [0.29, 0.717) is 5.54 Å². The average molecular weight is 249 g/mol. The molecule has 1 aromatic heterocycles. The molecular formula is C14H23N3O.